The Morgan fingerprint density at radius 1 is 0.929 bits per heavy atom. The molecule has 2 N–H and O–H groups in total. The predicted octanol–water partition coefficient (Wildman–Crippen LogP) is 4.86. The van der Waals surface area contributed by atoms with E-state index in [0.29, 0.717) is 12.2 Å². The van der Waals surface area contributed by atoms with Gasteiger partial charge in [-0.05, 0) is 42.3 Å². The normalized spacial score (nSPS) is 10.6. The third-order valence-electron chi connectivity index (χ3n) is 4.55. The number of benzene rings is 2. The van der Waals surface area contributed by atoms with Crippen molar-refractivity contribution in [1.82, 2.24) is 9.97 Å². The lowest BCUT2D eigenvalue weighted by atomic mass is 10.1. The maximum atomic E-state index is 12.3. The molecule has 0 saturated carbocycles. The summed E-state index contributed by atoms with van der Waals surface area (Å²) in [6.45, 7) is 2.00. The van der Waals surface area contributed by atoms with Crippen LogP contribution in [0.1, 0.15) is 11.1 Å². The number of hydrogen-bond donors (Lipinski definition) is 2. The van der Waals surface area contributed by atoms with Gasteiger partial charge in [-0.1, -0.05) is 42.5 Å². The van der Waals surface area contributed by atoms with Crippen LogP contribution in [0, 0.1) is 6.92 Å². The van der Waals surface area contributed by atoms with Crippen LogP contribution in [0.15, 0.2) is 79.1 Å². The molecule has 0 bridgehead atoms. The molecule has 4 aromatic rings. The first-order valence-corrected chi connectivity index (χ1v) is 9.10. The molecule has 0 fully saturated rings. The van der Waals surface area contributed by atoms with Gasteiger partial charge < -0.3 is 10.6 Å². The molecule has 2 heterocycles. The Hall–Kier alpha value is -3.73. The number of pyridine rings is 2. The molecule has 1 amide bonds. The molecular formula is C23H20N4O. The van der Waals surface area contributed by atoms with Gasteiger partial charge in [-0.3, -0.25) is 9.78 Å². The molecule has 5 heteroatoms. The number of amides is 1. The Balaban J connectivity index is 1.44. The molecule has 0 aliphatic rings. The van der Waals surface area contributed by atoms with Crippen molar-refractivity contribution in [2.45, 2.75) is 13.3 Å². The Morgan fingerprint density at radius 3 is 2.61 bits per heavy atom. The van der Waals surface area contributed by atoms with E-state index in [1.165, 1.54) is 0 Å². The highest BCUT2D eigenvalue weighted by Gasteiger charge is 2.07. The lowest BCUT2D eigenvalue weighted by molar-refractivity contribution is -0.115. The number of aromatic nitrogens is 2. The van der Waals surface area contributed by atoms with E-state index < -0.39 is 0 Å². The second kappa shape index (κ2) is 7.88. The van der Waals surface area contributed by atoms with E-state index in [1.807, 2.05) is 67.6 Å². The molecule has 138 valence electrons. The van der Waals surface area contributed by atoms with Crippen LogP contribution < -0.4 is 10.6 Å². The molecular weight excluding hydrogens is 348 g/mol. The number of carbonyl (C=O) groups is 1. The molecule has 0 radical (unpaired) electrons. The molecule has 0 aliphatic heterocycles. The minimum Gasteiger partial charge on any atom is -0.352 e. The molecule has 4 rings (SSSR count). The largest absolute Gasteiger partial charge is 0.352 e. The molecule has 2 aromatic heterocycles. The summed E-state index contributed by atoms with van der Waals surface area (Å²) in [6, 6.07) is 21.5. The summed E-state index contributed by atoms with van der Waals surface area (Å²) in [4.78, 5) is 21.1. The highest BCUT2D eigenvalue weighted by atomic mass is 16.1. The fourth-order valence-electron chi connectivity index (χ4n) is 3.07. The lowest BCUT2D eigenvalue weighted by Crippen LogP contribution is -2.15. The van der Waals surface area contributed by atoms with E-state index >= 15 is 0 Å². The number of fused-ring (bicyclic) bond motifs is 1. The maximum absolute atomic E-state index is 12.3. The van der Waals surface area contributed by atoms with Gasteiger partial charge in [0, 0.05) is 11.6 Å². The average molecular weight is 368 g/mol. The van der Waals surface area contributed by atoms with E-state index in [0.717, 1.165) is 33.4 Å². The van der Waals surface area contributed by atoms with Gasteiger partial charge in [0.2, 0.25) is 5.91 Å². The zero-order chi connectivity index (χ0) is 19.3. The van der Waals surface area contributed by atoms with E-state index in [9.17, 15) is 4.79 Å². The van der Waals surface area contributed by atoms with Gasteiger partial charge in [-0.15, -0.1) is 0 Å². The zero-order valence-electron chi connectivity index (χ0n) is 15.5. The van der Waals surface area contributed by atoms with E-state index in [2.05, 4.69) is 20.6 Å². The second-order valence-corrected chi connectivity index (χ2v) is 6.59. The minimum absolute atomic E-state index is 0.0826. The molecule has 0 aliphatic carbocycles. The van der Waals surface area contributed by atoms with Crippen molar-refractivity contribution in [1.29, 1.82) is 0 Å². The summed E-state index contributed by atoms with van der Waals surface area (Å²) in [5.41, 5.74) is 4.77. The Bertz CT molecular complexity index is 1120. The zero-order valence-corrected chi connectivity index (χ0v) is 15.5. The Kier molecular flexibility index (Phi) is 4.97. The smallest absolute Gasteiger partial charge is 0.229 e. The van der Waals surface area contributed by atoms with E-state index in [1.54, 1.807) is 18.5 Å². The molecule has 0 unspecified atom stereocenters. The summed E-state index contributed by atoms with van der Waals surface area (Å²) in [6.07, 6.45) is 3.81. The number of aryl methyl sites for hydroxylation is 1. The molecule has 0 saturated heterocycles. The molecule has 5 nitrogen and oxygen atoms in total. The van der Waals surface area contributed by atoms with Crippen molar-refractivity contribution in [2.24, 2.45) is 0 Å². The van der Waals surface area contributed by atoms with Crippen molar-refractivity contribution >= 4 is 34.0 Å². The average Bonchev–Trinajstić information content (AvgIpc) is 2.71. The van der Waals surface area contributed by atoms with Crippen LogP contribution >= 0.6 is 0 Å². The Labute approximate surface area is 163 Å². The fourth-order valence-corrected chi connectivity index (χ4v) is 3.07. The summed E-state index contributed by atoms with van der Waals surface area (Å²) in [5, 5.41) is 7.26. The van der Waals surface area contributed by atoms with Crippen molar-refractivity contribution < 1.29 is 4.79 Å². The van der Waals surface area contributed by atoms with E-state index in [-0.39, 0.29) is 5.91 Å². The number of nitrogens with zero attached hydrogens (tertiary/aromatic N) is 2. The predicted molar refractivity (Wildman–Crippen MR) is 113 cm³/mol. The molecule has 28 heavy (non-hydrogen) atoms. The first-order valence-electron chi connectivity index (χ1n) is 9.10. The van der Waals surface area contributed by atoms with Gasteiger partial charge in [0.15, 0.2) is 0 Å². The highest BCUT2D eigenvalue weighted by Crippen LogP contribution is 2.24. The van der Waals surface area contributed by atoms with Crippen LogP contribution in [-0.4, -0.2) is 15.9 Å². The van der Waals surface area contributed by atoms with Gasteiger partial charge in [-0.25, -0.2) is 4.98 Å². The maximum Gasteiger partial charge on any atom is 0.229 e. The lowest BCUT2D eigenvalue weighted by Gasteiger charge is -2.10. The minimum atomic E-state index is -0.0826. The highest BCUT2D eigenvalue weighted by molar-refractivity contribution is 5.93. The summed E-state index contributed by atoms with van der Waals surface area (Å²) in [7, 11) is 0. The van der Waals surface area contributed by atoms with Crippen molar-refractivity contribution in [3.05, 3.63) is 90.3 Å². The Morgan fingerprint density at radius 2 is 1.79 bits per heavy atom. The van der Waals surface area contributed by atoms with Gasteiger partial charge in [0.25, 0.3) is 0 Å². The number of rotatable bonds is 5. The summed E-state index contributed by atoms with van der Waals surface area (Å²) >= 11 is 0. The summed E-state index contributed by atoms with van der Waals surface area (Å²) < 4.78 is 0. The summed E-state index contributed by atoms with van der Waals surface area (Å²) in [5.74, 6) is 0.445. The standard InChI is InChI=1S/C23H20N4O/c1-16-6-2-3-7-18(16)14-22(28)27-21-12-11-19(15-25-21)26-20-10-4-8-17-9-5-13-24-23(17)20/h2-13,15,26H,14H2,1H3,(H,25,27,28). The first-order chi connectivity index (χ1) is 13.7. The van der Waals surface area contributed by atoms with Crippen LogP contribution in [0.2, 0.25) is 0 Å². The fraction of sp³-hybridized carbons (Fsp3) is 0.0870. The number of nitrogens with one attached hydrogen (secondary N) is 2. The van der Waals surface area contributed by atoms with Crippen LogP contribution in [0.4, 0.5) is 17.2 Å². The number of anilines is 3. The van der Waals surface area contributed by atoms with Crippen LogP contribution in [0.25, 0.3) is 10.9 Å². The number of hydrogen-bond acceptors (Lipinski definition) is 4. The van der Waals surface area contributed by atoms with Gasteiger partial charge in [-0.2, -0.15) is 0 Å². The van der Waals surface area contributed by atoms with E-state index in [4.69, 9.17) is 0 Å². The topological polar surface area (TPSA) is 66.9 Å². The quantitative estimate of drug-likeness (QED) is 0.528. The van der Waals surface area contributed by atoms with Gasteiger partial charge >= 0.3 is 0 Å². The van der Waals surface area contributed by atoms with Gasteiger partial charge in [0.05, 0.1) is 29.5 Å². The van der Waals surface area contributed by atoms with Crippen LogP contribution in [-0.2, 0) is 11.2 Å². The second-order valence-electron chi connectivity index (χ2n) is 6.59. The van der Waals surface area contributed by atoms with Gasteiger partial charge in [0.1, 0.15) is 5.82 Å². The molecule has 0 spiro atoms. The number of carbonyl (C=O) groups excluding carboxylic acids is 1. The number of para-hydroxylation sites is 1. The van der Waals surface area contributed by atoms with Crippen LogP contribution in [0.5, 0.6) is 0 Å². The van der Waals surface area contributed by atoms with Crippen molar-refractivity contribution in [2.75, 3.05) is 10.6 Å². The van der Waals surface area contributed by atoms with Crippen LogP contribution in [0.3, 0.4) is 0 Å². The van der Waals surface area contributed by atoms with Crippen molar-refractivity contribution in [3.63, 3.8) is 0 Å². The monoisotopic (exact) mass is 368 g/mol. The molecule has 2 aromatic carbocycles. The SMILES string of the molecule is Cc1ccccc1CC(=O)Nc1ccc(Nc2cccc3cccnc23)cn1. The molecule has 0 atom stereocenters. The van der Waals surface area contributed by atoms with Crippen molar-refractivity contribution in [3.8, 4) is 0 Å². The third-order valence-corrected chi connectivity index (χ3v) is 4.55. The first kappa shape index (κ1) is 17.7. The third kappa shape index (κ3) is 3.99.